The van der Waals surface area contributed by atoms with Crippen LogP contribution >= 0.6 is 11.3 Å². The van der Waals surface area contributed by atoms with Crippen molar-refractivity contribution in [1.82, 2.24) is 5.32 Å². The summed E-state index contributed by atoms with van der Waals surface area (Å²) >= 11 is 1.27. The van der Waals surface area contributed by atoms with Gasteiger partial charge in [-0.1, -0.05) is 39.8 Å². The van der Waals surface area contributed by atoms with Gasteiger partial charge in [-0.15, -0.1) is 11.3 Å². The van der Waals surface area contributed by atoms with Crippen molar-refractivity contribution in [2.75, 3.05) is 25.6 Å². The molecule has 1 aliphatic rings. The first-order chi connectivity index (χ1) is 18.2. The number of carbonyl (C=O) groups excluding carboxylic acids is 3. The number of benzene rings is 1. The fraction of sp³-hybridized carbons (Fsp3) is 0.567. The van der Waals surface area contributed by atoms with Gasteiger partial charge in [0.25, 0.3) is 5.91 Å². The highest BCUT2D eigenvalue weighted by Gasteiger charge is 2.38. The van der Waals surface area contributed by atoms with Crippen molar-refractivity contribution in [2.24, 2.45) is 10.8 Å². The maximum atomic E-state index is 12.6. The van der Waals surface area contributed by atoms with Gasteiger partial charge in [-0.3, -0.25) is 4.79 Å². The highest BCUT2D eigenvalue weighted by atomic mass is 32.1. The number of thiophene rings is 1. The van der Waals surface area contributed by atoms with E-state index in [1.807, 2.05) is 19.1 Å². The molecule has 0 saturated heterocycles. The lowest BCUT2D eigenvalue weighted by Gasteiger charge is -2.45. The van der Waals surface area contributed by atoms with Gasteiger partial charge in [0.15, 0.2) is 11.5 Å². The maximum Gasteiger partial charge on any atom is 0.351 e. The second-order valence-electron chi connectivity index (χ2n) is 11.9. The van der Waals surface area contributed by atoms with Crippen LogP contribution in [0.1, 0.15) is 76.0 Å². The second kappa shape index (κ2) is 12.4. The van der Waals surface area contributed by atoms with Gasteiger partial charge >= 0.3 is 11.9 Å². The number of esters is 2. The molecule has 8 nitrogen and oxygen atoms in total. The minimum atomic E-state index is -0.809. The Morgan fingerprint density at radius 1 is 1.13 bits per heavy atom. The molecule has 1 aliphatic carbocycles. The molecule has 1 heterocycles. The lowest BCUT2D eigenvalue weighted by atomic mass is 9.63. The average Bonchev–Trinajstić information content (AvgIpc) is 3.16. The summed E-state index contributed by atoms with van der Waals surface area (Å²) in [6.45, 7) is 14.3. The van der Waals surface area contributed by atoms with E-state index in [2.05, 4.69) is 50.5 Å². The van der Waals surface area contributed by atoms with Gasteiger partial charge in [0.1, 0.15) is 11.8 Å². The largest absolute Gasteiger partial charge is 0.482 e. The SMILES string of the molecule is CCOC(=O)C(C)NC(=O)COc1c(C(=O)OC)sc(-c2cccc(NC3CC(C)(C)CC(C)(C)C3)c2)c1C. The zero-order valence-electron chi connectivity index (χ0n) is 24.4. The molecule has 0 spiro atoms. The van der Waals surface area contributed by atoms with Crippen LogP contribution in [0, 0.1) is 17.8 Å². The molecule has 1 aromatic carbocycles. The van der Waals surface area contributed by atoms with E-state index >= 15 is 0 Å². The summed E-state index contributed by atoms with van der Waals surface area (Å²) in [5.41, 5.74) is 3.24. The van der Waals surface area contributed by atoms with Gasteiger partial charge in [0.2, 0.25) is 0 Å². The fourth-order valence-corrected chi connectivity index (χ4v) is 7.02. The third-order valence-electron chi connectivity index (χ3n) is 6.88. The number of hydrogen-bond donors (Lipinski definition) is 2. The highest BCUT2D eigenvalue weighted by molar-refractivity contribution is 7.18. The Labute approximate surface area is 235 Å². The number of methoxy groups -OCH3 is 1. The molecule has 9 heteroatoms. The first-order valence-corrected chi connectivity index (χ1v) is 14.2. The van der Waals surface area contributed by atoms with E-state index in [1.165, 1.54) is 24.9 Å². The average molecular weight is 559 g/mol. The lowest BCUT2D eigenvalue weighted by molar-refractivity contribution is -0.147. The van der Waals surface area contributed by atoms with Crippen molar-refractivity contribution in [3.05, 3.63) is 34.7 Å². The molecule has 0 bridgehead atoms. The molecule has 1 amide bonds. The van der Waals surface area contributed by atoms with Crippen LogP contribution in [-0.2, 0) is 19.1 Å². The molecule has 214 valence electrons. The summed E-state index contributed by atoms with van der Waals surface area (Å²) < 4.78 is 15.7. The zero-order chi connectivity index (χ0) is 29.0. The van der Waals surface area contributed by atoms with Crippen LogP contribution in [0.25, 0.3) is 10.4 Å². The van der Waals surface area contributed by atoms with Gasteiger partial charge in [0, 0.05) is 22.2 Å². The Bertz CT molecular complexity index is 1190. The first-order valence-electron chi connectivity index (χ1n) is 13.4. The third kappa shape index (κ3) is 7.97. The Balaban J connectivity index is 1.81. The van der Waals surface area contributed by atoms with Crippen molar-refractivity contribution in [1.29, 1.82) is 0 Å². The maximum absolute atomic E-state index is 12.6. The van der Waals surface area contributed by atoms with E-state index in [4.69, 9.17) is 14.2 Å². The van der Waals surface area contributed by atoms with E-state index in [1.54, 1.807) is 13.8 Å². The van der Waals surface area contributed by atoms with Gasteiger partial charge in [-0.05, 0) is 68.6 Å². The minimum absolute atomic E-state index is 0.224. The normalized spacial score (nSPS) is 17.1. The monoisotopic (exact) mass is 558 g/mol. The van der Waals surface area contributed by atoms with Crippen molar-refractivity contribution in [3.63, 3.8) is 0 Å². The zero-order valence-corrected chi connectivity index (χ0v) is 25.2. The molecule has 3 rings (SSSR count). The summed E-state index contributed by atoms with van der Waals surface area (Å²) in [6.07, 6.45) is 3.39. The number of amides is 1. The van der Waals surface area contributed by atoms with E-state index in [-0.39, 0.29) is 28.9 Å². The van der Waals surface area contributed by atoms with Crippen molar-refractivity contribution in [3.8, 4) is 16.2 Å². The molecule has 1 aromatic heterocycles. The summed E-state index contributed by atoms with van der Waals surface area (Å²) in [5, 5.41) is 6.30. The van der Waals surface area contributed by atoms with Crippen LogP contribution in [0.4, 0.5) is 5.69 Å². The molecule has 1 saturated carbocycles. The van der Waals surface area contributed by atoms with Gasteiger partial charge < -0.3 is 24.8 Å². The predicted octanol–water partition coefficient (Wildman–Crippen LogP) is 5.97. The second-order valence-corrected chi connectivity index (χ2v) is 12.9. The van der Waals surface area contributed by atoms with Gasteiger partial charge in [-0.2, -0.15) is 0 Å². The Morgan fingerprint density at radius 2 is 1.79 bits per heavy atom. The number of hydrogen-bond acceptors (Lipinski definition) is 8. The van der Waals surface area contributed by atoms with Crippen LogP contribution in [-0.4, -0.2) is 50.3 Å². The van der Waals surface area contributed by atoms with Crippen LogP contribution in [0.15, 0.2) is 24.3 Å². The van der Waals surface area contributed by atoms with E-state index in [9.17, 15) is 14.4 Å². The van der Waals surface area contributed by atoms with Crippen LogP contribution in [0.3, 0.4) is 0 Å². The molecular weight excluding hydrogens is 516 g/mol. The van der Waals surface area contributed by atoms with Crippen LogP contribution < -0.4 is 15.4 Å². The summed E-state index contributed by atoms with van der Waals surface area (Å²) in [5.74, 6) is -1.26. The standard InChI is InChI=1S/C30H42N2O6S/c1-9-37-27(34)19(3)31-23(33)16-38-24-18(2)25(39-26(24)28(35)36-8)20-11-10-12-21(13-20)32-22-14-29(4,5)17-30(6,7)15-22/h10-13,19,22,32H,9,14-17H2,1-8H3,(H,31,33). The van der Waals surface area contributed by atoms with E-state index < -0.39 is 23.9 Å². The Kier molecular flexibility index (Phi) is 9.69. The highest BCUT2D eigenvalue weighted by Crippen LogP contribution is 2.47. The molecule has 2 aromatic rings. The van der Waals surface area contributed by atoms with Crippen molar-refractivity contribution >= 4 is 34.9 Å². The molecule has 2 N–H and O–H groups in total. The number of rotatable bonds is 10. The topological polar surface area (TPSA) is 103 Å². The first kappa shape index (κ1) is 30.5. The van der Waals surface area contributed by atoms with E-state index in [0.29, 0.717) is 11.8 Å². The molecule has 0 aliphatic heterocycles. The Hall–Kier alpha value is -3.07. The van der Waals surface area contributed by atoms with Gasteiger partial charge in [-0.25, -0.2) is 9.59 Å². The third-order valence-corrected chi connectivity index (χ3v) is 8.18. The quantitative estimate of drug-likeness (QED) is 0.346. The van der Waals surface area contributed by atoms with Crippen LogP contribution in [0.2, 0.25) is 0 Å². The molecule has 0 radical (unpaired) electrons. The summed E-state index contributed by atoms with van der Waals surface area (Å²) in [4.78, 5) is 38.0. The lowest BCUT2D eigenvalue weighted by Crippen LogP contribution is -2.41. The molecular formula is C30H42N2O6S. The molecule has 1 unspecified atom stereocenters. The Morgan fingerprint density at radius 3 is 2.41 bits per heavy atom. The number of nitrogens with one attached hydrogen (secondary N) is 2. The molecule has 39 heavy (non-hydrogen) atoms. The van der Waals surface area contributed by atoms with Crippen LogP contribution in [0.5, 0.6) is 5.75 Å². The smallest absolute Gasteiger partial charge is 0.351 e. The summed E-state index contributed by atoms with van der Waals surface area (Å²) in [7, 11) is 1.31. The van der Waals surface area contributed by atoms with E-state index in [0.717, 1.165) is 34.5 Å². The number of anilines is 1. The molecule has 1 atom stereocenters. The summed E-state index contributed by atoms with van der Waals surface area (Å²) in [6, 6.07) is 7.70. The molecule has 1 fully saturated rings. The number of ether oxygens (including phenoxy) is 3. The number of carbonyl (C=O) groups is 3. The van der Waals surface area contributed by atoms with Crippen molar-refractivity contribution in [2.45, 2.75) is 79.8 Å². The van der Waals surface area contributed by atoms with Gasteiger partial charge in [0.05, 0.1) is 13.7 Å². The predicted molar refractivity (Wildman–Crippen MR) is 154 cm³/mol. The minimum Gasteiger partial charge on any atom is -0.482 e. The van der Waals surface area contributed by atoms with Crippen molar-refractivity contribution < 1.29 is 28.6 Å². The fourth-order valence-electron chi connectivity index (χ4n) is 5.86.